The fraction of sp³-hybridized carbons (Fsp3) is 0.0833. The number of para-hydroxylation sites is 1. The molecule has 0 atom stereocenters. The van der Waals surface area contributed by atoms with Gasteiger partial charge in [0.15, 0.2) is 0 Å². The Balaban J connectivity index is 2.44. The van der Waals surface area contributed by atoms with Crippen molar-refractivity contribution < 1.29 is 4.79 Å². The van der Waals surface area contributed by atoms with E-state index in [2.05, 4.69) is 9.97 Å². The average molecular weight is 213 g/mol. The van der Waals surface area contributed by atoms with Gasteiger partial charge in [-0.1, -0.05) is 18.2 Å². The lowest BCUT2D eigenvalue weighted by atomic mass is 10.2. The molecule has 4 heteroatoms. The van der Waals surface area contributed by atoms with E-state index in [9.17, 15) is 4.79 Å². The second-order valence-electron chi connectivity index (χ2n) is 3.29. The van der Waals surface area contributed by atoms with E-state index in [1.807, 2.05) is 30.3 Å². The van der Waals surface area contributed by atoms with Crippen LogP contribution >= 0.6 is 0 Å². The molecule has 0 aliphatic rings. The Hall–Kier alpha value is -2.23. The first-order valence-electron chi connectivity index (χ1n) is 4.90. The molecule has 0 aliphatic carbocycles. The van der Waals surface area contributed by atoms with Crippen molar-refractivity contribution in [2.45, 2.75) is 6.92 Å². The van der Waals surface area contributed by atoms with E-state index < -0.39 is 0 Å². The number of carbonyl (C=O) groups is 1. The highest BCUT2D eigenvalue weighted by atomic mass is 16.2. The van der Waals surface area contributed by atoms with Gasteiger partial charge in [0.25, 0.3) is 0 Å². The highest BCUT2D eigenvalue weighted by Crippen LogP contribution is 2.23. The molecule has 1 heterocycles. The molecule has 0 unspecified atom stereocenters. The topological polar surface area (TPSA) is 46.1 Å². The maximum absolute atomic E-state index is 11.6. The molecule has 1 amide bonds. The van der Waals surface area contributed by atoms with Crippen LogP contribution in [0.15, 0.2) is 49.1 Å². The van der Waals surface area contributed by atoms with Crippen LogP contribution in [0, 0.1) is 0 Å². The molecule has 4 nitrogen and oxygen atoms in total. The first-order chi connectivity index (χ1) is 7.79. The fourth-order valence-corrected chi connectivity index (χ4v) is 1.50. The number of anilines is 2. The van der Waals surface area contributed by atoms with Crippen molar-refractivity contribution in [3.8, 4) is 0 Å². The summed E-state index contributed by atoms with van der Waals surface area (Å²) in [5.41, 5.74) is 1.48. The average Bonchev–Trinajstić information content (AvgIpc) is 2.31. The van der Waals surface area contributed by atoms with Crippen LogP contribution in [-0.2, 0) is 4.79 Å². The molecule has 0 saturated carbocycles. The van der Waals surface area contributed by atoms with Crippen LogP contribution < -0.4 is 4.90 Å². The van der Waals surface area contributed by atoms with E-state index >= 15 is 0 Å². The molecule has 1 aromatic carbocycles. The summed E-state index contributed by atoms with van der Waals surface area (Å²) in [6.45, 7) is 1.51. The zero-order valence-electron chi connectivity index (χ0n) is 8.87. The van der Waals surface area contributed by atoms with E-state index in [0.717, 1.165) is 5.69 Å². The lowest BCUT2D eigenvalue weighted by Gasteiger charge is -2.20. The number of nitrogens with zero attached hydrogens (tertiary/aromatic N) is 3. The molecule has 0 fully saturated rings. The minimum absolute atomic E-state index is 0.0685. The molecule has 2 aromatic rings. The van der Waals surface area contributed by atoms with Crippen LogP contribution in [0.5, 0.6) is 0 Å². The number of rotatable bonds is 2. The van der Waals surface area contributed by atoms with Crippen molar-refractivity contribution >= 4 is 17.3 Å². The zero-order chi connectivity index (χ0) is 11.4. The number of carbonyl (C=O) groups excluding carboxylic acids is 1. The Morgan fingerprint density at radius 3 is 2.25 bits per heavy atom. The van der Waals surface area contributed by atoms with Gasteiger partial charge in [-0.3, -0.25) is 9.69 Å². The summed E-state index contributed by atoms with van der Waals surface area (Å²) in [6.07, 6.45) is 4.66. The highest BCUT2D eigenvalue weighted by molar-refractivity contribution is 5.98. The first kappa shape index (κ1) is 10.3. The summed E-state index contributed by atoms with van der Waals surface area (Å²) in [6, 6.07) is 9.41. The molecule has 0 bridgehead atoms. The molecule has 80 valence electrons. The number of hydrogen-bond donors (Lipinski definition) is 0. The molecule has 0 N–H and O–H groups in total. The van der Waals surface area contributed by atoms with Crippen molar-refractivity contribution in [3.63, 3.8) is 0 Å². The van der Waals surface area contributed by atoms with E-state index in [1.165, 1.54) is 13.3 Å². The lowest BCUT2D eigenvalue weighted by Crippen LogP contribution is -2.22. The van der Waals surface area contributed by atoms with Crippen LogP contribution in [-0.4, -0.2) is 15.9 Å². The van der Waals surface area contributed by atoms with Crippen molar-refractivity contribution in [2.75, 3.05) is 4.90 Å². The normalized spacial score (nSPS) is 9.81. The fourth-order valence-electron chi connectivity index (χ4n) is 1.50. The van der Waals surface area contributed by atoms with Gasteiger partial charge in [-0.25, -0.2) is 9.97 Å². The quantitative estimate of drug-likeness (QED) is 0.768. The van der Waals surface area contributed by atoms with Gasteiger partial charge in [0, 0.05) is 12.6 Å². The molecule has 0 saturated heterocycles. The molecule has 0 aliphatic heterocycles. The number of hydrogen-bond acceptors (Lipinski definition) is 3. The van der Waals surface area contributed by atoms with E-state index in [0.29, 0.717) is 5.69 Å². The zero-order valence-corrected chi connectivity index (χ0v) is 8.87. The maximum atomic E-state index is 11.6. The summed E-state index contributed by atoms with van der Waals surface area (Å²) < 4.78 is 0. The number of amides is 1. The number of aromatic nitrogens is 2. The van der Waals surface area contributed by atoms with Gasteiger partial charge < -0.3 is 0 Å². The van der Waals surface area contributed by atoms with Gasteiger partial charge in [-0.2, -0.15) is 0 Å². The third-order valence-corrected chi connectivity index (χ3v) is 2.13. The molecular formula is C12H11N3O. The summed E-state index contributed by atoms with van der Waals surface area (Å²) >= 11 is 0. The van der Waals surface area contributed by atoms with Gasteiger partial charge in [0.05, 0.1) is 18.1 Å². The molecule has 16 heavy (non-hydrogen) atoms. The van der Waals surface area contributed by atoms with E-state index in [4.69, 9.17) is 0 Å². The van der Waals surface area contributed by atoms with Crippen molar-refractivity contribution in [2.24, 2.45) is 0 Å². The summed E-state index contributed by atoms with van der Waals surface area (Å²) in [7, 11) is 0. The molecule has 0 spiro atoms. The van der Waals surface area contributed by atoms with Gasteiger partial charge in [-0.15, -0.1) is 0 Å². The van der Waals surface area contributed by atoms with Crippen LogP contribution in [0.4, 0.5) is 11.4 Å². The summed E-state index contributed by atoms with van der Waals surface area (Å²) in [5.74, 6) is -0.0685. The van der Waals surface area contributed by atoms with Crippen molar-refractivity contribution in [3.05, 3.63) is 49.1 Å². The van der Waals surface area contributed by atoms with Gasteiger partial charge >= 0.3 is 0 Å². The smallest absolute Gasteiger partial charge is 0.228 e. The second-order valence-corrected chi connectivity index (χ2v) is 3.29. The van der Waals surface area contributed by atoms with Gasteiger partial charge in [-0.05, 0) is 12.1 Å². The monoisotopic (exact) mass is 213 g/mol. The second kappa shape index (κ2) is 4.53. The van der Waals surface area contributed by atoms with Gasteiger partial charge in [0.1, 0.15) is 6.33 Å². The lowest BCUT2D eigenvalue weighted by molar-refractivity contribution is -0.115. The Morgan fingerprint density at radius 2 is 1.69 bits per heavy atom. The minimum atomic E-state index is -0.0685. The SMILES string of the molecule is CC(=O)N(c1ccccc1)c1cncnc1. The van der Waals surface area contributed by atoms with E-state index in [1.54, 1.807) is 17.3 Å². The van der Waals surface area contributed by atoms with Crippen molar-refractivity contribution in [1.29, 1.82) is 0 Å². The Morgan fingerprint density at radius 1 is 1.06 bits per heavy atom. The largest absolute Gasteiger partial charge is 0.278 e. The Kier molecular flexibility index (Phi) is 2.91. The Bertz CT molecular complexity index is 431. The van der Waals surface area contributed by atoms with Crippen LogP contribution in [0.3, 0.4) is 0 Å². The maximum Gasteiger partial charge on any atom is 0.228 e. The molecular weight excluding hydrogens is 202 g/mol. The predicted molar refractivity (Wildman–Crippen MR) is 61.3 cm³/mol. The van der Waals surface area contributed by atoms with Crippen LogP contribution in [0.2, 0.25) is 0 Å². The van der Waals surface area contributed by atoms with Crippen LogP contribution in [0.1, 0.15) is 6.92 Å². The predicted octanol–water partition coefficient (Wildman–Crippen LogP) is 2.16. The highest BCUT2D eigenvalue weighted by Gasteiger charge is 2.13. The third-order valence-electron chi connectivity index (χ3n) is 2.13. The molecule has 2 rings (SSSR count). The number of benzene rings is 1. The third kappa shape index (κ3) is 2.06. The molecule has 0 radical (unpaired) electrons. The van der Waals surface area contributed by atoms with E-state index in [-0.39, 0.29) is 5.91 Å². The Labute approximate surface area is 93.6 Å². The van der Waals surface area contributed by atoms with Crippen LogP contribution in [0.25, 0.3) is 0 Å². The summed E-state index contributed by atoms with van der Waals surface area (Å²) in [5, 5.41) is 0. The first-order valence-corrected chi connectivity index (χ1v) is 4.90. The molecule has 1 aromatic heterocycles. The minimum Gasteiger partial charge on any atom is -0.278 e. The summed E-state index contributed by atoms with van der Waals surface area (Å²) in [4.78, 5) is 21.0. The standard InChI is InChI=1S/C12H11N3O/c1-10(16)15(11-5-3-2-4-6-11)12-7-13-9-14-8-12/h2-9H,1H3. The van der Waals surface area contributed by atoms with Crippen molar-refractivity contribution in [1.82, 2.24) is 9.97 Å². The van der Waals surface area contributed by atoms with Gasteiger partial charge in [0.2, 0.25) is 5.91 Å².